The molecule has 2 rings (SSSR count). The number of halogens is 2. The fourth-order valence-electron chi connectivity index (χ4n) is 2.28. The number of hydrogen-bond donors (Lipinski definition) is 1. The molecule has 2 aromatic rings. The van der Waals surface area contributed by atoms with Crippen LogP contribution in [0.3, 0.4) is 0 Å². The molecule has 1 N–H and O–H groups in total. The van der Waals surface area contributed by atoms with Crippen molar-refractivity contribution in [2.24, 2.45) is 0 Å². The van der Waals surface area contributed by atoms with Crippen molar-refractivity contribution in [3.8, 4) is 0 Å². The minimum Gasteiger partial charge on any atom is -0.306 e. The van der Waals surface area contributed by atoms with Gasteiger partial charge in [0.15, 0.2) is 0 Å². The van der Waals surface area contributed by atoms with Crippen LogP contribution in [0.4, 0.5) is 8.78 Å². The van der Waals surface area contributed by atoms with Crippen LogP contribution in [0.2, 0.25) is 0 Å². The summed E-state index contributed by atoms with van der Waals surface area (Å²) in [5.41, 5.74) is 3.13. The minimum absolute atomic E-state index is 0.106. The number of rotatable bonds is 5. The molecule has 0 aliphatic rings. The summed E-state index contributed by atoms with van der Waals surface area (Å²) in [6.45, 7) is 4.70. The lowest BCUT2D eigenvalue weighted by molar-refractivity contribution is 0.544. The van der Waals surface area contributed by atoms with E-state index < -0.39 is 11.6 Å². The average Bonchev–Trinajstić information content (AvgIpc) is 2.44. The van der Waals surface area contributed by atoms with Crippen LogP contribution < -0.4 is 5.32 Å². The van der Waals surface area contributed by atoms with Gasteiger partial charge in [-0.05, 0) is 42.2 Å². The molecule has 0 bridgehead atoms. The summed E-state index contributed by atoms with van der Waals surface area (Å²) in [5, 5.41) is 3.31. The van der Waals surface area contributed by atoms with E-state index in [2.05, 4.69) is 24.4 Å². The van der Waals surface area contributed by atoms with Gasteiger partial charge < -0.3 is 5.32 Å². The summed E-state index contributed by atoms with van der Waals surface area (Å²) < 4.78 is 26.4. The highest BCUT2D eigenvalue weighted by molar-refractivity contribution is 5.27. The Bertz CT molecular complexity index is 561. The molecule has 0 spiro atoms. The predicted octanol–water partition coefficient (Wildman–Crippen LogP) is 4.38. The highest BCUT2D eigenvalue weighted by Crippen LogP contribution is 2.17. The van der Waals surface area contributed by atoms with Gasteiger partial charge in [-0.15, -0.1) is 0 Å². The van der Waals surface area contributed by atoms with E-state index in [4.69, 9.17) is 0 Å². The van der Waals surface area contributed by atoms with E-state index in [1.807, 2.05) is 19.1 Å². The summed E-state index contributed by atoms with van der Waals surface area (Å²) in [7, 11) is 0. The van der Waals surface area contributed by atoms with Gasteiger partial charge in [-0.3, -0.25) is 0 Å². The molecule has 1 nitrogen and oxygen atoms in total. The Balaban J connectivity index is 2.06. The molecule has 0 aromatic heterocycles. The third kappa shape index (κ3) is 3.64. The fourth-order valence-corrected chi connectivity index (χ4v) is 2.28. The van der Waals surface area contributed by atoms with E-state index in [0.717, 1.165) is 12.5 Å². The number of benzene rings is 2. The zero-order chi connectivity index (χ0) is 14.5. The SMILES string of the molecule is CCc1ccccc1CNC(C)c1cc(F)cc(F)c1. The van der Waals surface area contributed by atoms with Gasteiger partial charge in [-0.2, -0.15) is 0 Å². The first kappa shape index (κ1) is 14.7. The molecule has 2 aromatic carbocycles. The molecule has 106 valence electrons. The fraction of sp³-hybridized carbons (Fsp3) is 0.294. The lowest BCUT2D eigenvalue weighted by Gasteiger charge is -2.16. The van der Waals surface area contributed by atoms with E-state index >= 15 is 0 Å². The molecule has 0 aliphatic heterocycles. The number of nitrogens with one attached hydrogen (secondary N) is 1. The summed E-state index contributed by atoms with van der Waals surface area (Å²) in [6.07, 6.45) is 0.973. The van der Waals surface area contributed by atoms with Gasteiger partial charge in [-0.1, -0.05) is 31.2 Å². The van der Waals surface area contributed by atoms with E-state index in [1.165, 1.54) is 23.3 Å². The monoisotopic (exact) mass is 275 g/mol. The van der Waals surface area contributed by atoms with Gasteiger partial charge in [-0.25, -0.2) is 8.78 Å². The van der Waals surface area contributed by atoms with Gasteiger partial charge in [0.25, 0.3) is 0 Å². The number of aryl methyl sites for hydroxylation is 1. The van der Waals surface area contributed by atoms with Crippen LogP contribution >= 0.6 is 0 Å². The van der Waals surface area contributed by atoms with E-state index in [-0.39, 0.29) is 6.04 Å². The van der Waals surface area contributed by atoms with Crippen molar-refractivity contribution in [3.05, 3.63) is 70.8 Å². The van der Waals surface area contributed by atoms with Crippen LogP contribution in [0.25, 0.3) is 0 Å². The average molecular weight is 275 g/mol. The Morgan fingerprint density at radius 3 is 2.20 bits per heavy atom. The number of hydrogen-bond acceptors (Lipinski definition) is 1. The molecule has 20 heavy (non-hydrogen) atoms. The predicted molar refractivity (Wildman–Crippen MR) is 77.4 cm³/mol. The zero-order valence-corrected chi connectivity index (χ0v) is 11.8. The molecule has 0 radical (unpaired) electrons. The van der Waals surface area contributed by atoms with Crippen LogP contribution in [-0.2, 0) is 13.0 Å². The highest BCUT2D eigenvalue weighted by Gasteiger charge is 2.09. The Morgan fingerprint density at radius 2 is 1.60 bits per heavy atom. The highest BCUT2D eigenvalue weighted by atomic mass is 19.1. The summed E-state index contributed by atoms with van der Waals surface area (Å²) in [4.78, 5) is 0. The van der Waals surface area contributed by atoms with Crippen molar-refractivity contribution in [1.29, 1.82) is 0 Å². The standard InChI is InChI=1S/C17H19F2N/c1-3-13-6-4-5-7-14(13)11-20-12(2)15-8-16(18)10-17(19)9-15/h4-10,12,20H,3,11H2,1-2H3. The maximum Gasteiger partial charge on any atom is 0.126 e. The quantitative estimate of drug-likeness (QED) is 0.854. The van der Waals surface area contributed by atoms with Crippen LogP contribution in [-0.4, -0.2) is 0 Å². The second-order valence-corrected chi connectivity index (χ2v) is 4.93. The van der Waals surface area contributed by atoms with Gasteiger partial charge in [0.05, 0.1) is 0 Å². The van der Waals surface area contributed by atoms with Crippen molar-refractivity contribution in [2.45, 2.75) is 32.9 Å². The topological polar surface area (TPSA) is 12.0 Å². The Hall–Kier alpha value is -1.74. The van der Waals surface area contributed by atoms with Gasteiger partial charge in [0.2, 0.25) is 0 Å². The molecule has 0 saturated carbocycles. The van der Waals surface area contributed by atoms with Gasteiger partial charge in [0, 0.05) is 18.7 Å². The van der Waals surface area contributed by atoms with Crippen molar-refractivity contribution in [3.63, 3.8) is 0 Å². The third-order valence-corrected chi connectivity index (χ3v) is 3.48. The molecule has 0 heterocycles. The largest absolute Gasteiger partial charge is 0.306 e. The molecule has 0 saturated heterocycles. The van der Waals surface area contributed by atoms with Crippen LogP contribution in [0, 0.1) is 11.6 Å². The Labute approximate surface area is 118 Å². The van der Waals surface area contributed by atoms with Crippen molar-refractivity contribution >= 4 is 0 Å². The maximum absolute atomic E-state index is 13.2. The van der Waals surface area contributed by atoms with E-state index in [9.17, 15) is 8.78 Å². The third-order valence-electron chi connectivity index (χ3n) is 3.48. The minimum atomic E-state index is -0.539. The van der Waals surface area contributed by atoms with E-state index in [1.54, 1.807) is 0 Å². The second-order valence-electron chi connectivity index (χ2n) is 4.93. The molecular weight excluding hydrogens is 256 g/mol. The molecule has 0 amide bonds. The molecular formula is C17H19F2N. The normalized spacial score (nSPS) is 12.4. The van der Waals surface area contributed by atoms with Gasteiger partial charge in [0.1, 0.15) is 11.6 Å². The van der Waals surface area contributed by atoms with Crippen molar-refractivity contribution in [2.75, 3.05) is 0 Å². The van der Waals surface area contributed by atoms with Crippen molar-refractivity contribution < 1.29 is 8.78 Å². The summed E-state index contributed by atoms with van der Waals surface area (Å²) in [6, 6.07) is 11.7. The molecule has 0 fully saturated rings. The van der Waals surface area contributed by atoms with Crippen LogP contribution in [0.1, 0.15) is 36.6 Å². The Morgan fingerprint density at radius 1 is 1.00 bits per heavy atom. The first-order chi connectivity index (χ1) is 9.60. The van der Waals surface area contributed by atoms with Gasteiger partial charge >= 0.3 is 0 Å². The van der Waals surface area contributed by atoms with Crippen molar-refractivity contribution in [1.82, 2.24) is 5.32 Å². The summed E-state index contributed by atoms with van der Waals surface area (Å²) in [5.74, 6) is -1.08. The molecule has 3 heteroatoms. The lowest BCUT2D eigenvalue weighted by Crippen LogP contribution is -2.19. The lowest BCUT2D eigenvalue weighted by atomic mass is 10.0. The molecule has 1 atom stereocenters. The van der Waals surface area contributed by atoms with E-state index in [0.29, 0.717) is 12.1 Å². The molecule has 1 unspecified atom stereocenters. The zero-order valence-electron chi connectivity index (χ0n) is 11.8. The molecule has 0 aliphatic carbocycles. The van der Waals surface area contributed by atoms with Crippen LogP contribution in [0.5, 0.6) is 0 Å². The summed E-state index contributed by atoms with van der Waals surface area (Å²) >= 11 is 0. The first-order valence-corrected chi connectivity index (χ1v) is 6.86. The van der Waals surface area contributed by atoms with Crippen LogP contribution in [0.15, 0.2) is 42.5 Å². The smallest absolute Gasteiger partial charge is 0.126 e. The second kappa shape index (κ2) is 6.62. The first-order valence-electron chi connectivity index (χ1n) is 6.86. The maximum atomic E-state index is 13.2. The Kier molecular flexibility index (Phi) is 4.85.